The average Bonchev–Trinajstić information content (AvgIpc) is 2.47. The summed E-state index contributed by atoms with van der Waals surface area (Å²) in [6.45, 7) is 1.82. The number of rotatable bonds is 2. The topological polar surface area (TPSA) is 33.1 Å². The number of nitrogens with zero attached hydrogens (tertiary/aromatic N) is 1. The zero-order valence-corrected chi connectivity index (χ0v) is 12.6. The number of aromatic nitrogens is 1. The number of aliphatic hydroxyl groups is 1. The van der Waals surface area contributed by atoms with Gasteiger partial charge in [-0.1, -0.05) is 52.3 Å². The zero-order valence-electron chi connectivity index (χ0n) is 11.0. The van der Waals surface area contributed by atoms with Crippen LogP contribution >= 0.6 is 15.9 Å². The highest BCUT2D eigenvalue weighted by atomic mass is 79.9. The molecule has 0 aliphatic rings. The Balaban J connectivity index is 2.27. The van der Waals surface area contributed by atoms with Gasteiger partial charge in [-0.25, -0.2) is 0 Å². The Labute approximate surface area is 126 Å². The van der Waals surface area contributed by atoms with Crippen molar-refractivity contribution in [3.05, 3.63) is 76.5 Å². The van der Waals surface area contributed by atoms with Gasteiger partial charge in [0.05, 0.1) is 0 Å². The van der Waals surface area contributed by atoms with Crippen LogP contribution in [-0.4, -0.2) is 10.1 Å². The third kappa shape index (κ3) is 2.13. The summed E-state index contributed by atoms with van der Waals surface area (Å²) in [4.78, 5) is 4.14. The second-order valence-electron chi connectivity index (χ2n) is 4.95. The fraction of sp³-hybridized carbons (Fsp3) is 0.118. The number of benzene rings is 2. The molecule has 1 heterocycles. The van der Waals surface area contributed by atoms with Crippen LogP contribution in [0.15, 0.2) is 65.4 Å². The lowest BCUT2D eigenvalue weighted by atomic mass is 9.85. The van der Waals surface area contributed by atoms with E-state index < -0.39 is 5.60 Å². The predicted molar refractivity (Wildman–Crippen MR) is 84.6 cm³/mol. The van der Waals surface area contributed by atoms with Crippen LogP contribution in [0.5, 0.6) is 0 Å². The summed E-state index contributed by atoms with van der Waals surface area (Å²) in [5.74, 6) is 0. The summed E-state index contributed by atoms with van der Waals surface area (Å²) in [6.07, 6.45) is 3.57. The Kier molecular flexibility index (Phi) is 3.32. The SMILES string of the molecule is CC(O)(c1ccccc1Br)c1cccc2cnccc12. The first kappa shape index (κ1) is 13.3. The lowest BCUT2D eigenvalue weighted by molar-refractivity contribution is 0.103. The quantitative estimate of drug-likeness (QED) is 0.763. The average molecular weight is 328 g/mol. The maximum absolute atomic E-state index is 11.1. The third-order valence-electron chi connectivity index (χ3n) is 3.60. The highest BCUT2D eigenvalue weighted by Gasteiger charge is 2.29. The Bertz CT molecular complexity index is 762. The molecule has 0 amide bonds. The summed E-state index contributed by atoms with van der Waals surface area (Å²) in [5, 5.41) is 13.1. The molecule has 0 spiro atoms. The molecule has 0 aliphatic carbocycles. The smallest absolute Gasteiger partial charge is 0.113 e. The monoisotopic (exact) mass is 327 g/mol. The van der Waals surface area contributed by atoms with Gasteiger partial charge >= 0.3 is 0 Å². The molecule has 0 fully saturated rings. The molecule has 100 valence electrons. The van der Waals surface area contributed by atoms with E-state index >= 15 is 0 Å². The molecule has 20 heavy (non-hydrogen) atoms. The van der Waals surface area contributed by atoms with Crippen LogP contribution in [0.1, 0.15) is 18.1 Å². The van der Waals surface area contributed by atoms with Crippen molar-refractivity contribution in [1.82, 2.24) is 4.98 Å². The van der Waals surface area contributed by atoms with Crippen molar-refractivity contribution in [2.24, 2.45) is 0 Å². The van der Waals surface area contributed by atoms with Crippen molar-refractivity contribution in [2.75, 3.05) is 0 Å². The van der Waals surface area contributed by atoms with Crippen molar-refractivity contribution in [3.8, 4) is 0 Å². The van der Waals surface area contributed by atoms with E-state index in [0.29, 0.717) is 0 Å². The fourth-order valence-corrected chi connectivity index (χ4v) is 3.22. The van der Waals surface area contributed by atoms with Gasteiger partial charge < -0.3 is 5.11 Å². The van der Waals surface area contributed by atoms with Gasteiger partial charge in [0, 0.05) is 27.8 Å². The number of fused-ring (bicyclic) bond motifs is 1. The Morgan fingerprint density at radius 3 is 2.55 bits per heavy atom. The Morgan fingerprint density at radius 1 is 1.00 bits per heavy atom. The van der Waals surface area contributed by atoms with Crippen LogP contribution < -0.4 is 0 Å². The molecule has 0 bridgehead atoms. The standard InChI is InChI=1S/C17H14BrNO/c1-17(20,15-6-2-3-8-16(15)18)14-7-4-5-12-11-19-10-9-13(12)14/h2-11,20H,1H3. The maximum Gasteiger partial charge on any atom is 0.113 e. The molecule has 1 atom stereocenters. The first-order valence-corrected chi connectivity index (χ1v) is 7.20. The molecule has 0 aliphatic heterocycles. The molecule has 0 saturated heterocycles. The summed E-state index contributed by atoms with van der Waals surface area (Å²) in [7, 11) is 0. The second-order valence-corrected chi connectivity index (χ2v) is 5.81. The zero-order chi connectivity index (χ0) is 14.2. The van der Waals surface area contributed by atoms with Crippen molar-refractivity contribution in [1.29, 1.82) is 0 Å². The van der Waals surface area contributed by atoms with E-state index in [1.165, 1.54) is 0 Å². The fourth-order valence-electron chi connectivity index (χ4n) is 2.55. The normalized spacial score (nSPS) is 14.2. The number of hydrogen-bond donors (Lipinski definition) is 1. The largest absolute Gasteiger partial charge is 0.381 e. The molecule has 2 nitrogen and oxygen atoms in total. The van der Waals surface area contributed by atoms with Crippen LogP contribution in [0.4, 0.5) is 0 Å². The van der Waals surface area contributed by atoms with Crippen LogP contribution in [0.3, 0.4) is 0 Å². The number of halogens is 1. The van der Waals surface area contributed by atoms with E-state index in [4.69, 9.17) is 0 Å². The van der Waals surface area contributed by atoms with Gasteiger partial charge in [0.15, 0.2) is 0 Å². The molecule has 3 aromatic rings. The Hall–Kier alpha value is -1.71. The van der Waals surface area contributed by atoms with E-state index in [1.54, 1.807) is 6.20 Å². The first-order valence-electron chi connectivity index (χ1n) is 6.41. The summed E-state index contributed by atoms with van der Waals surface area (Å²) in [6, 6.07) is 15.6. The lowest BCUT2D eigenvalue weighted by Gasteiger charge is -2.27. The van der Waals surface area contributed by atoms with Crippen molar-refractivity contribution >= 4 is 26.7 Å². The van der Waals surface area contributed by atoms with Crippen molar-refractivity contribution in [2.45, 2.75) is 12.5 Å². The van der Waals surface area contributed by atoms with Crippen molar-refractivity contribution < 1.29 is 5.11 Å². The number of pyridine rings is 1. The molecule has 3 rings (SSSR count). The van der Waals surface area contributed by atoms with Crippen LogP contribution in [0.25, 0.3) is 10.8 Å². The van der Waals surface area contributed by atoms with E-state index in [0.717, 1.165) is 26.4 Å². The molecular formula is C17H14BrNO. The van der Waals surface area contributed by atoms with Gasteiger partial charge in [-0.3, -0.25) is 4.98 Å². The molecule has 1 aromatic heterocycles. The van der Waals surface area contributed by atoms with E-state index in [9.17, 15) is 5.11 Å². The Morgan fingerprint density at radius 2 is 1.75 bits per heavy atom. The van der Waals surface area contributed by atoms with Gasteiger partial charge in [-0.2, -0.15) is 0 Å². The molecule has 0 radical (unpaired) electrons. The molecule has 2 aromatic carbocycles. The van der Waals surface area contributed by atoms with Crippen LogP contribution in [0.2, 0.25) is 0 Å². The third-order valence-corrected chi connectivity index (χ3v) is 4.30. The highest BCUT2D eigenvalue weighted by Crippen LogP contribution is 2.37. The summed E-state index contributed by atoms with van der Waals surface area (Å²) >= 11 is 3.52. The van der Waals surface area contributed by atoms with Crippen LogP contribution in [0, 0.1) is 0 Å². The van der Waals surface area contributed by atoms with E-state index in [1.807, 2.05) is 61.7 Å². The van der Waals surface area contributed by atoms with Gasteiger partial charge in [0.2, 0.25) is 0 Å². The van der Waals surface area contributed by atoms with Gasteiger partial charge in [0.1, 0.15) is 5.60 Å². The molecule has 3 heteroatoms. The highest BCUT2D eigenvalue weighted by molar-refractivity contribution is 9.10. The molecule has 0 saturated carbocycles. The minimum Gasteiger partial charge on any atom is -0.381 e. The maximum atomic E-state index is 11.1. The summed E-state index contributed by atoms with van der Waals surface area (Å²) in [5.41, 5.74) is 0.662. The minimum absolute atomic E-state index is 0.851. The lowest BCUT2D eigenvalue weighted by Crippen LogP contribution is -2.23. The second kappa shape index (κ2) is 5.00. The van der Waals surface area contributed by atoms with Gasteiger partial charge in [-0.05, 0) is 30.0 Å². The van der Waals surface area contributed by atoms with Gasteiger partial charge in [0.25, 0.3) is 0 Å². The van der Waals surface area contributed by atoms with E-state index in [2.05, 4.69) is 20.9 Å². The molecule has 1 N–H and O–H groups in total. The number of hydrogen-bond acceptors (Lipinski definition) is 2. The predicted octanol–water partition coefficient (Wildman–Crippen LogP) is 4.25. The van der Waals surface area contributed by atoms with Crippen molar-refractivity contribution in [3.63, 3.8) is 0 Å². The molecular weight excluding hydrogens is 314 g/mol. The van der Waals surface area contributed by atoms with Gasteiger partial charge in [-0.15, -0.1) is 0 Å². The molecule has 1 unspecified atom stereocenters. The summed E-state index contributed by atoms with van der Waals surface area (Å²) < 4.78 is 0.899. The first-order chi connectivity index (χ1) is 9.60. The van der Waals surface area contributed by atoms with Crippen LogP contribution in [-0.2, 0) is 5.60 Å². The van der Waals surface area contributed by atoms with E-state index in [-0.39, 0.29) is 0 Å². The minimum atomic E-state index is -1.07.